The molecule has 0 bridgehead atoms. The van der Waals surface area contributed by atoms with Gasteiger partial charge in [-0.05, 0) is 12.6 Å². The summed E-state index contributed by atoms with van der Waals surface area (Å²) in [6.45, 7) is 4.91. The average Bonchev–Trinajstić information content (AvgIpc) is 2.18. The van der Waals surface area contributed by atoms with Crippen LogP contribution in [-0.2, 0) is 0 Å². The monoisotopic (exact) mass is 193 g/mol. The van der Waals surface area contributed by atoms with E-state index in [-0.39, 0.29) is 5.41 Å². The van der Waals surface area contributed by atoms with Crippen LogP contribution >= 0.6 is 0 Å². The molecule has 0 aliphatic carbocycles. The van der Waals surface area contributed by atoms with Crippen LogP contribution in [0.15, 0.2) is 30.3 Å². The van der Waals surface area contributed by atoms with Gasteiger partial charge < -0.3 is 10.4 Å². The van der Waals surface area contributed by atoms with Crippen molar-refractivity contribution in [3.8, 4) is 0 Å². The van der Waals surface area contributed by atoms with Crippen molar-refractivity contribution in [1.29, 1.82) is 0 Å². The summed E-state index contributed by atoms with van der Waals surface area (Å²) in [6, 6.07) is 9.79. The Kier molecular flexibility index (Phi) is 3.67. The molecule has 78 valence electrons. The predicted octanol–water partition coefficient (Wildman–Crippen LogP) is 1.97. The standard InChI is InChI=1S/C12H19NO/c1-12(2,9-13-3)11(14)10-7-5-4-6-8-10/h4-8,11,13-14H,9H2,1-3H3. The third-order valence-electron chi connectivity index (χ3n) is 2.49. The highest BCUT2D eigenvalue weighted by Crippen LogP contribution is 2.32. The first-order chi connectivity index (χ1) is 6.58. The van der Waals surface area contributed by atoms with Crippen molar-refractivity contribution >= 4 is 0 Å². The van der Waals surface area contributed by atoms with Crippen LogP contribution in [0.4, 0.5) is 0 Å². The van der Waals surface area contributed by atoms with Crippen molar-refractivity contribution in [2.24, 2.45) is 5.41 Å². The van der Waals surface area contributed by atoms with Crippen LogP contribution in [0, 0.1) is 5.41 Å². The van der Waals surface area contributed by atoms with Gasteiger partial charge in [-0.1, -0.05) is 44.2 Å². The number of hydrogen-bond acceptors (Lipinski definition) is 2. The maximum Gasteiger partial charge on any atom is 0.0853 e. The van der Waals surface area contributed by atoms with Crippen molar-refractivity contribution in [1.82, 2.24) is 5.32 Å². The largest absolute Gasteiger partial charge is 0.388 e. The van der Waals surface area contributed by atoms with Gasteiger partial charge in [0.05, 0.1) is 6.10 Å². The molecule has 0 heterocycles. The summed E-state index contributed by atoms with van der Waals surface area (Å²) in [6.07, 6.45) is -0.420. The fourth-order valence-corrected chi connectivity index (χ4v) is 1.64. The molecule has 0 saturated heterocycles. The van der Waals surface area contributed by atoms with Gasteiger partial charge in [-0.3, -0.25) is 0 Å². The van der Waals surface area contributed by atoms with E-state index in [2.05, 4.69) is 19.2 Å². The van der Waals surface area contributed by atoms with Crippen LogP contribution < -0.4 is 5.32 Å². The van der Waals surface area contributed by atoms with Gasteiger partial charge in [-0.15, -0.1) is 0 Å². The molecule has 2 nitrogen and oxygen atoms in total. The van der Waals surface area contributed by atoms with Crippen LogP contribution in [0.5, 0.6) is 0 Å². The summed E-state index contributed by atoms with van der Waals surface area (Å²) >= 11 is 0. The minimum Gasteiger partial charge on any atom is -0.388 e. The van der Waals surface area contributed by atoms with E-state index in [1.54, 1.807) is 0 Å². The lowest BCUT2D eigenvalue weighted by molar-refractivity contribution is 0.0506. The number of rotatable bonds is 4. The zero-order valence-electron chi connectivity index (χ0n) is 9.12. The molecule has 2 N–H and O–H groups in total. The lowest BCUT2D eigenvalue weighted by atomic mass is 9.82. The molecule has 1 aromatic carbocycles. The zero-order chi connectivity index (χ0) is 10.6. The maximum absolute atomic E-state index is 10.1. The lowest BCUT2D eigenvalue weighted by Gasteiger charge is -2.30. The smallest absolute Gasteiger partial charge is 0.0853 e. The third kappa shape index (κ3) is 2.56. The fourth-order valence-electron chi connectivity index (χ4n) is 1.64. The second kappa shape index (κ2) is 4.58. The van der Waals surface area contributed by atoms with E-state index >= 15 is 0 Å². The number of aliphatic hydroxyl groups is 1. The molecule has 0 amide bonds. The number of nitrogens with one attached hydrogen (secondary N) is 1. The number of benzene rings is 1. The molecular weight excluding hydrogens is 174 g/mol. The summed E-state index contributed by atoms with van der Waals surface area (Å²) in [5.74, 6) is 0. The molecule has 0 aliphatic heterocycles. The molecular formula is C12H19NO. The Labute approximate surface area is 86.0 Å². The molecule has 0 spiro atoms. The molecule has 1 rings (SSSR count). The lowest BCUT2D eigenvalue weighted by Crippen LogP contribution is -2.32. The third-order valence-corrected chi connectivity index (χ3v) is 2.49. The van der Waals surface area contributed by atoms with Gasteiger partial charge in [-0.2, -0.15) is 0 Å². The highest BCUT2D eigenvalue weighted by Gasteiger charge is 2.27. The number of aliphatic hydroxyl groups excluding tert-OH is 1. The Balaban J connectivity index is 2.79. The molecule has 14 heavy (non-hydrogen) atoms. The average molecular weight is 193 g/mol. The van der Waals surface area contributed by atoms with Gasteiger partial charge in [0.1, 0.15) is 0 Å². The van der Waals surface area contributed by atoms with Crippen molar-refractivity contribution in [3.63, 3.8) is 0 Å². The number of hydrogen-bond donors (Lipinski definition) is 2. The van der Waals surface area contributed by atoms with Crippen LogP contribution in [0.25, 0.3) is 0 Å². The van der Waals surface area contributed by atoms with Gasteiger partial charge in [0, 0.05) is 12.0 Å². The minimum absolute atomic E-state index is 0.143. The maximum atomic E-state index is 10.1. The van der Waals surface area contributed by atoms with E-state index in [1.165, 1.54) is 0 Å². The van der Waals surface area contributed by atoms with E-state index in [1.807, 2.05) is 37.4 Å². The van der Waals surface area contributed by atoms with E-state index in [9.17, 15) is 5.11 Å². The quantitative estimate of drug-likeness (QED) is 0.766. The summed E-state index contributed by atoms with van der Waals surface area (Å²) in [5.41, 5.74) is 0.837. The normalized spacial score (nSPS) is 14.0. The molecule has 1 atom stereocenters. The van der Waals surface area contributed by atoms with E-state index in [4.69, 9.17) is 0 Å². The SMILES string of the molecule is CNCC(C)(C)C(O)c1ccccc1. The van der Waals surface area contributed by atoms with Crippen molar-refractivity contribution in [2.75, 3.05) is 13.6 Å². The summed E-state index contributed by atoms with van der Waals surface area (Å²) in [7, 11) is 1.90. The first kappa shape index (κ1) is 11.2. The van der Waals surface area contributed by atoms with Gasteiger partial charge in [-0.25, -0.2) is 0 Å². The van der Waals surface area contributed by atoms with Crippen molar-refractivity contribution in [2.45, 2.75) is 20.0 Å². The van der Waals surface area contributed by atoms with Crippen LogP contribution in [0.3, 0.4) is 0 Å². The molecule has 0 aliphatic rings. The second-order valence-corrected chi connectivity index (χ2v) is 4.33. The zero-order valence-corrected chi connectivity index (χ0v) is 9.12. The van der Waals surface area contributed by atoms with Crippen LogP contribution in [0.2, 0.25) is 0 Å². The first-order valence-electron chi connectivity index (χ1n) is 4.95. The van der Waals surface area contributed by atoms with Gasteiger partial charge in [0.15, 0.2) is 0 Å². The molecule has 1 unspecified atom stereocenters. The van der Waals surface area contributed by atoms with Crippen molar-refractivity contribution in [3.05, 3.63) is 35.9 Å². The predicted molar refractivity (Wildman–Crippen MR) is 59.1 cm³/mol. The van der Waals surface area contributed by atoms with Crippen LogP contribution in [-0.4, -0.2) is 18.7 Å². The first-order valence-corrected chi connectivity index (χ1v) is 4.95. The molecule has 0 aromatic heterocycles. The van der Waals surface area contributed by atoms with Gasteiger partial charge in [0.2, 0.25) is 0 Å². The van der Waals surface area contributed by atoms with Gasteiger partial charge in [0.25, 0.3) is 0 Å². The van der Waals surface area contributed by atoms with E-state index < -0.39 is 6.10 Å². The van der Waals surface area contributed by atoms with E-state index in [0.717, 1.165) is 12.1 Å². The van der Waals surface area contributed by atoms with Crippen LogP contribution in [0.1, 0.15) is 25.5 Å². The molecule has 0 radical (unpaired) electrons. The topological polar surface area (TPSA) is 32.3 Å². The Bertz CT molecular complexity index is 269. The Morgan fingerprint density at radius 3 is 2.36 bits per heavy atom. The highest BCUT2D eigenvalue weighted by atomic mass is 16.3. The minimum atomic E-state index is -0.420. The molecule has 0 fully saturated rings. The Hall–Kier alpha value is -0.860. The highest BCUT2D eigenvalue weighted by molar-refractivity contribution is 5.19. The Morgan fingerprint density at radius 2 is 1.86 bits per heavy atom. The Morgan fingerprint density at radius 1 is 1.29 bits per heavy atom. The molecule has 2 heteroatoms. The summed E-state index contributed by atoms with van der Waals surface area (Å²) < 4.78 is 0. The summed E-state index contributed by atoms with van der Waals surface area (Å²) in [5, 5.41) is 13.2. The molecule has 0 saturated carbocycles. The molecule has 1 aromatic rings. The van der Waals surface area contributed by atoms with Crippen molar-refractivity contribution < 1.29 is 5.11 Å². The van der Waals surface area contributed by atoms with E-state index in [0.29, 0.717) is 0 Å². The van der Waals surface area contributed by atoms with Gasteiger partial charge >= 0.3 is 0 Å². The second-order valence-electron chi connectivity index (χ2n) is 4.33. The summed E-state index contributed by atoms with van der Waals surface area (Å²) in [4.78, 5) is 0. The fraction of sp³-hybridized carbons (Fsp3) is 0.500.